The van der Waals surface area contributed by atoms with Gasteiger partial charge in [-0.2, -0.15) is 0 Å². The van der Waals surface area contributed by atoms with E-state index in [0.29, 0.717) is 27.7 Å². The Labute approximate surface area is 245 Å². The van der Waals surface area contributed by atoms with Crippen LogP contribution in [0.1, 0.15) is 50.7 Å². The molecule has 0 saturated carbocycles. The van der Waals surface area contributed by atoms with Crippen molar-refractivity contribution in [1.82, 2.24) is 19.4 Å². The second kappa shape index (κ2) is 11.6. The largest absolute Gasteiger partial charge is 0.491 e. The standard InChI is InChI=1S/C30H26Cl2N4O5/c1-18(2)41-22-11-9-21(10-12-22)36-26(28(38)33-27(37)19-6-4-3-5-7-19)25-17-34(14-15-35(25)30(36)40)29(39)20-8-13-23(31)24(32)16-20/h3-13,16,18H,14-15,17H2,1-2H3,(H,33,37,38). The highest BCUT2D eigenvalue weighted by atomic mass is 35.5. The number of hydrogen-bond donors (Lipinski definition) is 1. The molecule has 0 fully saturated rings. The van der Waals surface area contributed by atoms with E-state index < -0.39 is 17.5 Å². The average molecular weight is 593 g/mol. The number of rotatable bonds is 6. The predicted octanol–water partition coefficient (Wildman–Crippen LogP) is 4.96. The van der Waals surface area contributed by atoms with E-state index in [9.17, 15) is 19.2 Å². The quantitative estimate of drug-likeness (QED) is 0.319. The Morgan fingerprint density at radius 2 is 1.56 bits per heavy atom. The fourth-order valence-electron chi connectivity index (χ4n) is 4.69. The van der Waals surface area contributed by atoms with Gasteiger partial charge in [-0.05, 0) is 68.4 Å². The zero-order valence-electron chi connectivity index (χ0n) is 22.3. The van der Waals surface area contributed by atoms with Crippen molar-refractivity contribution in [2.45, 2.75) is 33.0 Å². The number of amides is 3. The third-order valence-corrected chi connectivity index (χ3v) is 7.32. The van der Waals surface area contributed by atoms with E-state index in [1.54, 1.807) is 60.7 Å². The first-order valence-corrected chi connectivity index (χ1v) is 13.7. The number of carbonyl (C=O) groups excluding carboxylic acids is 3. The van der Waals surface area contributed by atoms with E-state index in [1.807, 2.05) is 13.8 Å². The Hall–Kier alpha value is -4.34. The summed E-state index contributed by atoms with van der Waals surface area (Å²) in [6, 6.07) is 19.6. The molecule has 11 heteroatoms. The van der Waals surface area contributed by atoms with Crippen molar-refractivity contribution in [3.8, 4) is 11.4 Å². The summed E-state index contributed by atoms with van der Waals surface area (Å²) in [6.07, 6.45) is -0.0465. The lowest BCUT2D eigenvalue weighted by molar-refractivity contribution is 0.0704. The number of imide groups is 1. The summed E-state index contributed by atoms with van der Waals surface area (Å²) in [5, 5.41) is 2.96. The van der Waals surface area contributed by atoms with Crippen molar-refractivity contribution in [3.05, 3.63) is 116 Å². The second-order valence-electron chi connectivity index (χ2n) is 9.73. The number of ether oxygens (including phenoxy) is 1. The number of carbonyl (C=O) groups is 3. The van der Waals surface area contributed by atoms with Crippen LogP contribution in [0.25, 0.3) is 5.69 Å². The van der Waals surface area contributed by atoms with Gasteiger partial charge in [-0.15, -0.1) is 0 Å². The minimum Gasteiger partial charge on any atom is -0.491 e. The van der Waals surface area contributed by atoms with Gasteiger partial charge in [0, 0.05) is 24.2 Å². The highest BCUT2D eigenvalue weighted by Crippen LogP contribution is 2.26. The predicted molar refractivity (Wildman–Crippen MR) is 155 cm³/mol. The first-order valence-electron chi connectivity index (χ1n) is 12.9. The molecule has 0 saturated heterocycles. The summed E-state index contributed by atoms with van der Waals surface area (Å²) in [5.41, 5.74) is 0.818. The van der Waals surface area contributed by atoms with Gasteiger partial charge in [0.15, 0.2) is 0 Å². The molecule has 0 unspecified atom stereocenters. The molecule has 0 radical (unpaired) electrons. The molecule has 5 rings (SSSR count). The van der Waals surface area contributed by atoms with E-state index in [1.165, 1.54) is 26.2 Å². The van der Waals surface area contributed by atoms with Crippen LogP contribution in [-0.4, -0.2) is 44.4 Å². The lowest BCUT2D eigenvalue weighted by Crippen LogP contribution is -2.41. The molecule has 1 aliphatic heterocycles. The first-order chi connectivity index (χ1) is 19.6. The van der Waals surface area contributed by atoms with Crippen molar-refractivity contribution >= 4 is 40.9 Å². The molecule has 0 aliphatic carbocycles. The fourth-order valence-corrected chi connectivity index (χ4v) is 4.99. The van der Waals surface area contributed by atoms with Crippen LogP contribution < -0.4 is 15.7 Å². The summed E-state index contributed by atoms with van der Waals surface area (Å²) in [4.78, 5) is 55.1. The maximum absolute atomic E-state index is 13.7. The summed E-state index contributed by atoms with van der Waals surface area (Å²) >= 11 is 12.1. The summed E-state index contributed by atoms with van der Waals surface area (Å²) in [6.45, 7) is 4.13. The topological polar surface area (TPSA) is 103 Å². The van der Waals surface area contributed by atoms with Gasteiger partial charge in [-0.25, -0.2) is 4.79 Å². The first kappa shape index (κ1) is 28.2. The number of fused-ring (bicyclic) bond motifs is 1. The Morgan fingerprint density at radius 1 is 0.854 bits per heavy atom. The molecule has 1 aromatic heterocycles. The zero-order chi connectivity index (χ0) is 29.3. The van der Waals surface area contributed by atoms with E-state index in [2.05, 4.69) is 5.32 Å². The SMILES string of the molecule is CC(C)Oc1ccc(-n2c(C(=O)NC(=O)c3ccccc3)c3n(c2=O)CCN(C(=O)c2ccc(Cl)c(Cl)c2)C3)cc1. The molecule has 3 amide bonds. The number of imidazole rings is 1. The molecular formula is C30H26Cl2N4O5. The van der Waals surface area contributed by atoms with Crippen LogP contribution in [0.2, 0.25) is 10.0 Å². The number of nitrogens with one attached hydrogen (secondary N) is 1. The third kappa shape index (κ3) is 5.77. The Balaban J connectivity index is 1.55. The molecule has 41 heavy (non-hydrogen) atoms. The lowest BCUT2D eigenvalue weighted by atomic mass is 10.1. The van der Waals surface area contributed by atoms with Crippen LogP contribution in [0.4, 0.5) is 0 Å². The zero-order valence-corrected chi connectivity index (χ0v) is 23.8. The van der Waals surface area contributed by atoms with E-state index in [-0.39, 0.29) is 47.9 Å². The van der Waals surface area contributed by atoms with Crippen LogP contribution in [0.3, 0.4) is 0 Å². The molecule has 2 heterocycles. The number of aromatic nitrogens is 2. The maximum Gasteiger partial charge on any atom is 0.333 e. The number of halogens is 2. The summed E-state index contributed by atoms with van der Waals surface area (Å²) in [7, 11) is 0. The number of nitrogens with zero attached hydrogens (tertiary/aromatic N) is 3. The minimum absolute atomic E-state index is 0.0385. The average Bonchev–Trinajstić information content (AvgIpc) is 3.26. The van der Waals surface area contributed by atoms with Gasteiger partial charge in [0.2, 0.25) is 0 Å². The normalized spacial score (nSPS) is 12.7. The Bertz CT molecular complexity index is 1690. The second-order valence-corrected chi connectivity index (χ2v) is 10.5. The molecule has 9 nitrogen and oxygen atoms in total. The van der Waals surface area contributed by atoms with E-state index in [0.717, 1.165) is 0 Å². The van der Waals surface area contributed by atoms with Crippen molar-refractivity contribution < 1.29 is 19.1 Å². The van der Waals surface area contributed by atoms with E-state index >= 15 is 0 Å². The fraction of sp³-hybridized carbons (Fsp3) is 0.200. The molecule has 1 aliphatic rings. The van der Waals surface area contributed by atoms with Crippen LogP contribution in [0, 0.1) is 0 Å². The minimum atomic E-state index is -0.768. The van der Waals surface area contributed by atoms with Crippen LogP contribution in [-0.2, 0) is 13.1 Å². The lowest BCUT2D eigenvalue weighted by Gasteiger charge is -2.28. The molecule has 3 aromatic carbocycles. The van der Waals surface area contributed by atoms with Crippen LogP contribution >= 0.6 is 23.2 Å². The van der Waals surface area contributed by atoms with Gasteiger partial charge in [0.05, 0.1) is 34.1 Å². The molecule has 0 spiro atoms. The molecule has 210 valence electrons. The monoisotopic (exact) mass is 592 g/mol. The van der Waals surface area contributed by atoms with Crippen molar-refractivity contribution in [2.24, 2.45) is 0 Å². The van der Waals surface area contributed by atoms with Crippen LogP contribution in [0.5, 0.6) is 5.75 Å². The van der Waals surface area contributed by atoms with E-state index in [4.69, 9.17) is 27.9 Å². The van der Waals surface area contributed by atoms with Gasteiger partial charge in [0.25, 0.3) is 17.7 Å². The van der Waals surface area contributed by atoms with Gasteiger partial charge in [0.1, 0.15) is 11.4 Å². The summed E-state index contributed by atoms with van der Waals surface area (Å²) in [5.74, 6) is -1.12. The molecule has 0 atom stereocenters. The molecule has 1 N–H and O–H groups in total. The highest BCUT2D eigenvalue weighted by Gasteiger charge is 2.33. The van der Waals surface area contributed by atoms with Crippen molar-refractivity contribution in [2.75, 3.05) is 6.54 Å². The van der Waals surface area contributed by atoms with Gasteiger partial charge >= 0.3 is 5.69 Å². The van der Waals surface area contributed by atoms with Crippen molar-refractivity contribution in [3.63, 3.8) is 0 Å². The van der Waals surface area contributed by atoms with Crippen molar-refractivity contribution in [1.29, 1.82) is 0 Å². The van der Waals surface area contributed by atoms with Gasteiger partial charge in [-0.3, -0.25) is 28.8 Å². The van der Waals surface area contributed by atoms with Crippen LogP contribution in [0.15, 0.2) is 77.6 Å². The maximum atomic E-state index is 13.7. The number of benzene rings is 3. The van der Waals surface area contributed by atoms with Gasteiger partial charge < -0.3 is 9.64 Å². The molecule has 0 bridgehead atoms. The Kier molecular flexibility index (Phi) is 8.01. The Morgan fingerprint density at radius 3 is 2.22 bits per heavy atom. The number of hydrogen-bond acceptors (Lipinski definition) is 5. The van der Waals surface area contributed by atoms with Gasteiger partial charge in [-0.1, -0.05) is 41.4 Å². The molecule has 4 aromatic rings. The molecular weight excluding hydrogens is 567 g/mol. The summed E-state index contributed by atoms with van der Waals surface area (Å²) < 4.78 is 8.43. The smallest absolute Gasteiger partial charge is 0.333 e. The highest BCUT2D eigenvalue weighted by molar-refractivity contribution is 6.42. The third-order valence-electron chi connectivity index (χ3n) is 6.58.